The minimum absolute atomic E-state index is 0.649. The highest BCUT2D eigenvalue weighted by molar-refractivity contribution is 7.21. The lowest BCUT2D eigenvalue weighted by atomic mass is 10.2. The predicted octanol–water partition coefficient (Wildman–Crippen LogP) is 5.91. The number of amidine groups is 1. The monoisotopic (exact) mass is 337 g/mol. The zero-order valence-corrected chi connectivity index (χ0v) is 14.5. The maximum absolute atomic E-state index is 4.46. The molecule has 1 heterocycles. The molecule has 0 aliphatic rings. The molecule has 0 radical (unpaired) electrons. The molecule has 5 nitrogen and oxygen atoms in total. The lowest BCUT2D eigenvalue weighted by Crippen LogP contribution is -1.98. The molecule has 0 aliphatic heterocycles. The summed E-state index contributed by atoms with van der Waals surface area (Å²) in [6.45, 7) is 4.14. The first-order valence-electron chi connectivity index (χ1n) is 7.91. The maximum atomic E-state index is 4.46. The molecule has 0 saturated heterocycles. The van der Waals surface area contributed by atoms with Gasteiger partial charge in [0, 0.05) is 6.42 Å². The fourth-order valence-corrected chi connectivity index (χ4v) is 2.99. The molecule has 122 valence electrons. The molecular formula is C18H19N5S. The van der Waals surface area contributed by atoms with Gasteiger partial charge in [-0.15, -0.1) is 10.2 Å². The van der Waals surface area contributed by atoms with Gasteiger partial charge >= 0.3 is 0 Å². The van der Waals surface area contributed by atoms with Crippen molar-refractivity contribution in [3.05, 3.63) is 54.1 Å². The van der Waals surface area contributed by atoms with Crippen LogP contribution in [0.3, 0.4) is 0 Å². The number of thiazole rings is 1. The number of fused-ring (bicyclic) bond motifs is 1. The molecule has 0 amide bonds. The molecule has 6 heteroatoms. The summed E-state index contributed by atoms with van der Waals surface area (Å²) in [5, 5.41) is 13.6. The quantitative estimate of drug-likeness (QED) is 0.272. The molecule has 3 rings (SSSR count). The van der Waals surface area contributed by atoms with Crippen molar-refractivity contribution >= 4 is 38.2 Å². The molecule has 0 atom stereocenters. The summed E-state index contributed by atoms with van der Waals surface area (Å²) in [6, 6.07) is 16.0. The Morgan fingerprint density at radius 2 is 2.04 bits per heavy atom. The van der Waals surface area contributed by atoms with Crippen LogP contribution in [-0.2, 0) is 0 Å². The molecule has 1 N–H and O–H groups in total. The highest BCUT2D eigenvalue weighted by Crippen LogP contribution is 2.27. The summed E-state index contributed by atoms with van der Waals surface area (Å²) < 4.78 is 1.11. The maximum Gasteiger partial charge on any atom is 0.231 e. The standard InChI is InChI=1S/C18H19N5S/c1-3-7-17(21-20-14-9-6-8-13(2)12-14)22-23-18-19-15-10-4-5-11-16(15)24-18/h4-6,8-12,20H,3,7H2,1-2H3. The Balaban J connectivity index is 1.76. The van der Waals surface area contributed by atoms with Crippen LogP contribution < -0.4 is 5.43 Å². The van der Waals surface area contributed by atoms with E-state index in [2.05, 4.69) is 45.7 Å². The van der Waals surface area contributed by atoms with E-state index in [4.69, 9.17) is 0 Å². The van der Waals surface area contributed by atoms with E-state index < -0.39 is 0 Å². The second-order valence-corrected chi connectivity index (χ2v) is 6.43. The van der Waals surface area contributed by atoms with Crippen molar-refractivity contribution in [2.45, 2.75) is 26.7 Å². The first-order chi connectivity index (χ1) is 11.7. The van der Waals surface area contributed by atoms with E-state index in [9.17, 15) is 0 Å². The van der Waals surface area contributed by atoms with Crippen molar-refractivity contribution in [3.63, 3.8) is 0 Å². The molecule has 1 aromatic heterocycles. The van der Waals surface area contributed by atoms with Crippen LogP contribution in [0.2, 0.25) is 0 Å². The molecule has 0 saturated carbocycles. The van der Waals surface area contributed by atoms with Gasteiger partial charge in [-0.05, 0) is 43.2 Å². The van der Waals surface area contributed by atoms with Crippen LogP contribution in [0.25, 0.3) is 10.2 Å². The van der Waals surface area contributed by atoms with Crippen LogP contribution >= 0.6 is 11.3 Å². The Morgan fingerprint density at radius 1 is 1.17 bits per heavy atom. The number of hydrogen-bond acceptors (Lipinski definition) is 5. The van der Waals surface area contributed by atoms with Crippen LogP contribution in [-0.4, -0.2) is 10.8 Å². The molecule has 0 bridgehead atoms. The molecule has 0 fully saturated rings. The van der Waals surface area contributed by atoms with Crippen LogP contribution in [0.15, 0.2) is 63.9 Å². The number of azo groups is 1. The summed E-state index contributed by atoms with van der Waals surface area (Å²) in [6.07, 6.45) is 1.71. The van der Waals surface area contributed by atoms with E-state index in [1.165, 1.54) is 16.9 Å². The van der Waals surface area contributed by atoms with Gasteiger partial charge in [0.25, 0.3) is 0 Å². The second kappa shape index (κ2) is 7.79. The van der Waals surface area contributed by atoms with Crippen molar-refractivity contribution in [2.75, 3.05) is 5.43 Å². The van der Waals surface area contributed by atoms with Crippen molar-refractivity contribution in [3.8, 4) is 0 Å². The fourth-order valence-electron chi connectivity index (χ4n) is 2.20. The number of nitrogens with one attached hydrogen (secondary N) is 1. The number of rotatable bonds is 5. The number of hydrazone groups is 1. The number of aryl methyl sites for hydroxylation is 1. The summed E-state index contributed by atoms with van der Waals surface area (Å²) in [5.41, 5.74) is 6.12. The zero-order valence-electron chi connectivity index (χ0n) is 13.7. The number of anilines is 1. The lowest BCUT2D eigenvalue weighted by molar-refractivity contribution is 0.966. The fraction of sp³-hybridized carbons (Fsp3) is 0.222. The van der Waals surface area contributed by atoms with Crippen molar-refractivity contribution in [1.29, 1.82) is 0 Å². The minimum Gasteiger partial charge on any atom is -0.277 e. The van der Waals surface area contributed by atoms with Crippen LogP contribution in [0, 0.1) is 6.92 Å². The summed E-state index contributed by atoms with van der Waals surface area (Å²) in [7, 11) is 0. The normalized spacial score (nSPS) is 12.2. The largest absolute Gasteiger partial charge is 0.277 e. The summed E-state index contributed by atoms with van der Waals surface area (Å²) in [5.74, 6) is 0.665. The number of aromatic nitrogens is 1. The average Bonchev–Trinajstić information content (AvgIpc) is 3.00. The van der Waals surface area contributed by atoms with E-state index in [0.29, 0.717) is 11.0 Å². The number of para-hydroxylation sites is 1. The molecule has 0 aliphatic carbocycles. The Labute approximate surface area is 145 Å². The molecule has 3 aromatic rings. The molecule has 2 aromatic carbocycles. The minimum atomic E-state index is 0.649. The Morgan fingerprint density at radius 3 is 2.83 bits per heavy atom. The van der Waals surface area contributed by atoms with Crippen molar-refractivity contribution in [2.24, 2.45) is 15.3 Å². The Kier molecular flexibility index (Phi) is 5.28. The predicted molar refractivity (Wildman–Crippen MR) is 101 cm³/mol. The SMILES string of the molecule is CCCC(N=Nc1nc2ccccc2s1)=NNc1cccc(C)c1. The van der Waals surface area contributed by atoms with Gasteiger partial charge in [-0.2, -0.15) is 5.10 Å². The van der Waals surface area contributed by atoms with Crippen molar-refractivity contribution in [1.82, 2.24) is 4.98 Å². The Bertz CT molecular complexity index is 849. The lowest BCUT2D eigenvalue weighted by Gasteiger charge is -2.02. The van der Waals surface area contributed by atoms with E-state index >= 15 is 0 Å². The Hall–Kier alpha value is -2.60. The van der Waals surface area contributed by atoms with E-state index in [1.54, 1.807) is 0 Å². The summed E-state index contributed by atoms with van der Waals surface area (Å²) >= 11 is 1.53. The third-order valence-electron chi connectivity index (χ3n) is 3.34. The topological polar surface area (TPSA) is 62.0 Å². The first kappa shape index (κ1) is 16.3. The van der Waals surface area contributed by atoms with Crippen LogP contribution in [0.1, 0.15) is 25.3 Å². The van der Waals surface area contributed by atoms with Gasteiger partial charge in [-0.25, -0.2) is 4.98 Å². The van der Waals surface area contributed by atoms with Gasteiger partial charge in [0.2, 0.25) is 5.13 Å². The van der Waals surface area contributed by atoms with E-state index in [0.717, 1.165) is 28.7 Å². The highest BCUT2D eigenvalue weighted by atomic mass is 32.1. The molecule has 0 unspecified atom stereocenters. The van der Waals surface area contributed by atoms with Gasteiger partial charge in [-0.3, -0.25) is 5.43 Å². The molecule has 24 heavy (non-hydrogen) atoms. The zero-order chi connectivity index (χ0) is 16.8. The van der Waals surface area contributed by atoms with Gasteiger partial charge in [0.15, 0.2) is 5.84 Å². The summed E-state index contributed by atoms with van der Waals surface area (Å²) in [4.78, 5) is 4.46. The van der Waals surface area contributed by atoms with E-state index in [1.807, 2.05) is 42.5 Å². The molecule has 0 spiro atoms. The van der Waals surface area contributed by atoms with Gasteiger partial charge in [0.05, 0.1) is 15.9 Å². The highest BCUT2D eigenvalue weighted by Gasteiger charge is 2.03. The third-order valence-corrected chi connectivity index (χ3v) is 4.26. The van der Waals surface area contributed by atoms with Gasteiger partial charge in [0.1, 0.15) is 0 Å². The number of hydrogen-bond donors (Lipinski definition) is 1. The van der Waals surface area contributed by atoms with E-state index in [-0.39, 0.29) is 0 Å². The third kappa shape index (κ3) is 4.23. The van der Waals surface area contributed by atoms with Crippen LogP contribution in [0.5, 0.6) is 0 Å². The van der Waals surface area contributed by atoms with Gasteiger partial charge < -0.3 is 0 Å². The second-order valence-electron chi connectivity index (χ2n) is 5.42. The number of benzene rings is 2. The number of nitrogens with zero attached hydrogens (tertiary/aromatic N) is 4. The smallest absolute Gasteiger partial charge is 0.231 e. The first-order valence-corrected chi connectivity index (χ1v) is 8.73. The average molecular weight is 337 g/mol. The van der Waals surface area contributed by atoms with Gasteiger partial charge in [-0.1, -0.05) is 42.5 Å². The van der Waals surface area contributed by atoms with Crippen LogP contribution in [0.4, 0.5) is 10.8 Å². The molecular weight excluding hydrogens is 318 g/mol. The van der Waals surface area contributed by atoms with Crippen molar-refractivity contribution < 1.29 is 0 Å².